The standard InChI is InChI=1S/C17H23BF2NO2/c1-16(2,22)17(3,4)23-18-12-8-10-21(11-9-12)15-13(19)6-5-7-14(15)20/h5-8,22H,9-11H2,1-4H3. The van der Waals surface area contributed by atoms with Crippen molar-refractivity contribution in [3.8, 4) is 0 Å². The molecule has 0 atom stereocenters. The summed E-state index contributed by atoms with van der Waals surface area (Å²) in [7, 11) is 1.63. The summed E-state index contributed by atoms with van der Waals surface area (Å²) < 4.78 is 33.3. The number of benzene rings is 1. The molecule has 1 aromatic rings. The fourth-order valence-corrected chi connectivity index (χ4v) is 2.15. The van der Waals surface area contributed by atoms with E-state index in [2.05, 4.69) is 0 Å². The molecule has 0 spiro atoms. The Labute approximate surface area is 137 Å². The molecule has 23 heavy (non-hydrogen) atoms. The number of anilines is 1. The number of hydrogen-bond donors (Lipinski definition) is 1. The maximum atomic E-state index is 13.8. The zero-order chi connectivity index (χ0) is 17.3. The Bertz CT molecular complexity index is 576. The molecule has 125 valence electrons. The molecule has 2 rings (SSSR count). The Balaban J connectivity index is 1.99. The summed E-state index contributed by atoms with van der Waals surface area (Å²) in [5.41, 5.74) is -0.750. The van der Waals surface area contributed by atoms with Crippen LogP contribution in [-0.4, -0.2) is 36.9 Å². The molecule has 0 aromatic heterocycles. The van der Waals surface area contributed by atoms with E-state index >= 15 is 0 Å². The molecular weight excluding hydrogens is 299 g/mol. The molecule has 0 fully saturated rings. The lowest BCUT2D eigenvalue weighted by molar-refractivity contribution is -0.0897. The Morgan fingerprint density at radius 2 is 1.78 bits per heavy atom. The SMILES string of the molecule is CC(C)(O)C(C)(C)O[B]C1=CCN(c2c(F)cccc2F)CC1. The molecule has 0 bridgehead atoms. The van der Waals surface area contributed by atoms with Crippen LogP contribution in [-0.2, 0) is 4.65 Å². The third kappa shape index (κ3) is 4.12. The van der Waals surface area contributed by atoms with E-state index in [1.165, 1.54) is 18.2 Å². The highest BCUT2D eigenvalue weighted by Gasteiger charge is 2.36. The number of hydrogen-bond acceptors (Lipinski definition) is 3. The van der Waals surface area contributed by atoms with Crippen LogP contribution in [0.3, 0.4) is 0 Å². The second-order valence-electron chi connectivity index (χ2n) is 6.85. The normalized spacial score (nSPS) is 16.3. The molecule has 1 aromatic carbocycles. The van der Waals surface area contributed by atoms with Gasteiger partial charge in [-0.3, -0.25) is 0 Å². The van der Waals surface area contributed by atoms with Crippen molar-refractivity contribution in [1.82, 2.24) is 0 Å². The summed E-state index contributed by atoms with van der Waals surface area (Å²) in [4.78, 5) is 1.67. The van der Waals surface area contributed by atoms with Crippen molar-refractivity contribution in [2.24, 2.45) is 0 Å². The summed E-state index contributed by atoms with van der Waals surface area (Å²) in [5, 5.41) is 10.1. The van der Waals surface area contributed by atoms with Gasteiger partial charge in [0.1, 0.15) is 17.3 Å². The molecule has 0 amide bonds. The first kappa shape index (κ1) is 18.0. The maximum absolute atomic E-state index is 13.8. The zero-order valence-corrected chi connectivity index (χ0v) is 14.1. The minimum absolute atomic E-state index is 0.0144. The van der Waals surface area contributed by atoms with Gasteiger partial charge >= 0.3 is 7.48 Å². The Hall–Kier alpha value is -1.40. The highest BCUT2D eigenvalue weighted by Crippen LogP contribution is 2.28. The fourth-order valence-electron chi connectivity index (χ4n) is 2.15. The largest absolute Gasteiger partial charge is 0.427 e. The summed E-state index contributed by atoms with van der Waals surface area (Å²) >= 11 is 0. The summed E-state index contributed by atoms with van der Waals surface area (Å²) in [6, 6.07) is 3.89. The molecule has 0 aliphatic carbocycles. The maximum Gasteiger partial charge on any atom is 0.326 e. The van der Waals surface area contributed by atoms with Gasteiger partial charge in [-0.05, 0) is 46.2 Å². The third-order valence-electron chi connectivity index (χ3n) is 4.48. The van der Waals surface area contributed by atoms with Gasteiger partial charge < -0.3 is 14.7 Å². The van der Waals surface area contributed by atoms with E-state index in [0.717, 1.165) is 5.47 Å². The van der Waals surface area contributed by atoms with E-state index in [0.29, 0.717) is 19.5 Å². The predicted octanol–water partition coefficient (Wildman–Crippen LogP) is 3.24. The fraction of sp³-hybridized carbons (Fsp3) is 0.529. The van der Waals surface area contributed by atoms with E-state index < -0.39 is 22.8 Å². The van der Waals surface area contributed by atoms with Crippen molar-refractivity contribution in [2.45, 2.75) is 45.3 Å². The van der Waals surface area contributed by atoms with Gasteiger partial charge in [-0.2, -0.15) is 0 Å². The van der Waals surface area contributed by atoms with Crippen LogP contribution in [0.2, 0.25) is 0 Å². The van der Waals surface area contributed by atoms with E-state index in [4.69, 9.17) is 4.65 Å². The molecule has 3 nitrogen and oxygen atoms in total. The average molecular weight is 322 g/mol. The number of halogens is 2. The molecule has 1 heterocycles. The van der Waals surface area contributed by atoms with Gasteiger partial charge in [-0.1, -0.05) is 17.6 Å². The molecule has 1 N–H and O–H groups in total. The van der Waals surface area contributed by atoms with Gasteiger partial charge in [0.15, 0.2) is 0 Å². The summed E-state index contributed by atoms with van der Waals surface area (Å²) in [6.07, 6.45) is 2.51. The zero-order valence-electron chi connectivity index (χ0n) is 14.1. The lowest BCUT2D eigenvalue weighted by Crippen LogP contribution is -2.48. The second-order valence-corrected chi connectivity index (χ2v) is 6.85. The van der Waals surface area contributed by atoms with Crippen LogP contribution in [0.4, 0.5) is 14.5 Å². The van der Waals surface area contributed by atoms with E-state index in [-0.39, 0.29) is 5.69 Å². The number of para-hydroxylation sites is 1. The quantitative estimate of drug-likeness (QED) is 0.845. The van der Waals surface area contributed by atoms with Crippen LogP contribution in [0.5, 0.6) is 0 Å². The number of nitrogens with zero attached hydrogens (tertiary/aromatic N) is 1. The highest BCUT2D eigenvalue weighted by atomic mass is 19.1. The minimum atomic E-state index is -0.985. The van der Waals surface area contributed by atoms with Crippen LogP contribution in [0.1, 0.15) is 34.1 Å². The van der Waals surface area contributed by atoms with E-state index in [1.807, 2.05) is 19.9 Å². The van der Waals surface area contributed by atoms with Gasteiger partial charge in [0.2, 0.25) is 0 Å². The number of aliphatic hydroxyl groups is 1. The molecule has 6 heteroatoms. The van der Waals surface area contributed by atoms with Crippen molar-refractivity contribution in [3.63, 3.8) is 0 Å². The predicted molar refractivity (Wildman–Crippen MR) is 88.5 cm³/mol. The van der Waals surface area contributed by atoms with E-state index in [1.54, 1.807) is 26.2 Å². The molecule has 0 unspecified atom stereocenters. The second kappa shape index (κ2) is 6.61. The third-order valence-corrected chi connectivity index (χ3v) is 4.48. The Morgan fingerprint density at radius 3 is 2.26 bits per heavy atom. The lowest BCUT2D eigenvalue weighted by atomic mass is 9.79. The van der Waals surface area contributed by atoms with Crippen molar-refractivity contribution < 1.29 is 18.5 Å². The average Bonchev–Trinajstić information content (AvgIpc) is 2.45. The lowest BCUT2D eigenvalue weighted by Gasteiger charge is -2.38. The summed E-state index contributed by atoms with van der Waals surface area (Å²) in [6.45, 7) is 7.93. The van der Waals surface area contributed by atoms with Gasteiger partial charge in [0, 0.05) is 13.1 Å². The summed E-state index contributed by atoms with van der Waals surface area (Å²) in [5.74, 6) is -1.10. The van der Waals surface area contributed by atoms with Crippen LogP contribution in [0, 0.1) is 11.6 Å². The monoisotopic (exact) mass is 322 g/mol. The van der Waals surface area contributed by atoms with Crippen LogP contribution < -0.4 is 4.90 Å². The van der Waals surface area contributed by atoms with Crippen LogP contribution in [0.15, 0.2) is 29.7 Å². The van der Waals surface area contributed by atoms with E-state index in [9.17, 15) is 13.9 Å². The van der Waals surface area contributed by atoms with Crippen LogP contribution in [0.25, 0.3) is 0 Å². The van der Waals surface area contributed by atoms with Crippen molar-refractivity contribution in [3.05, 3.63) is 41.4 Å². The Morgan fingerprint density at radius 1 is 1.17 bits per heavy atom. The first-order valence-corrected chi connectivity index (χ1v) is 7.73. The number of rotatable bonds is 5. The van der Waals surface area contributed by atoms with Gasteiger partial charge in [0.25, 0.3) is 0 Å². The molecule has 0 saturated heterocycles. The van der Waals surface area contributed by atoms with Crippen molar-refractivity contribution in [2.75, 3.05) is 18.0 Å². The van der Waals surface area contributed by atoms with Gasteiger partial charge in [0.05, 0.1) is 11.2 Å². The van der Waals surface area contributed by atoms with Gasteiger partial charge in [-0.15, -0.1) is 0 Å². The van der Waals surface area contributed by atoms with Crippen molar-refractivity contribution >= 4 is 13.2 Å². The molecule has 1 aliphatic heterocycles. The topological polar surface area (TPSA) is 32.7 Å². The van der Waals surface area contributed by atoms with Crippen LogP contribution >= 0.6 is 0 Å². The minimum Gasteiger partial charge on any atom is -0.427 e. The first-order chi connectivity index (χ1) is 10.6. The molecular formula is C17H23BF2NO2. The molecule has 1 aliphatic rings. The molecule has 1 radical (unpaired) electrons. The van der Waals surface area contributed by atoms with Gasteiger partial charge in [-0.25, -0.2) is 8.78 Å². The smallest absolute Gasteiger partial charge is 0.326 e. The highest BCUT2D eigenvalue weighted by molar-refractivity contribution is 6.38. The Kier molecular flexibility index (Phi) is 5.16. The van der Waals surface area contributed by atoms with Crippen molar-refractivity contribution in [1.29, 1.82) is 0 Å². The first-order valence-electron chi connectivity index (χ1n) is 7.73. The molecule has 0 saturated carbocycles.